The van der Waals surface area contributed by atoms with Gasteiger partial charge in [0.2, 0.25) is 0 Å². The highest BCUT2D eigenvalue weighted by Gasteiger charge is 2.38. The van der Waals surface area contributed by atoms with E-state index >= 15 is 0 Å². The van der Waals surface area contributed by atoms with Crippen LogP contribution in [0.4, 0.5) is 0 Å². The topological polar surface area (TPSA) is 73.3 Å². The van der Waals surface area contributed by atoms with Crippen LogP contribution in [0.15, 0.2) is 27.9 Å². The lowest BCUT2D eigenvalue weighted by Crippen LogP contribution is -2.42. The quantitative estimate of drug-likeness (QED) is 0.675. The van der Waals surface area contributed by atoms with Gasteiger partial charge in [0, 0.05) is 11.8 Å². The summed E-state index contributed by atoms with van der Waals surface area (Å²) in [4.78, 5) is 25.6. The molecular weight excluding hydrogens is 312 g/mol. The van der Waals surface area contributed by atoms with E-state index in [4.69, 9.17) is 9.16 Å². The Morgan fingerprint density at radius 1 is 1.30 bits per heavy atom. The van der Waals surface area contributed by atoms with Gasteiger partial charge < -0.3 is 9.16 Å². The molecule has 0 radical (unpaired) electrons. The summed E-state index contributed by atoms with van der Waals surface area (Å²) in [5.74, 6) is 0. The fourth-order valence-corrected chi connectivity index (χ4v) is 3.04. The number of hydrogen-bond acceptors (Lipinski definition) is 4. The maximum Gasteiger partial charge on any atom is 0.330 e. The molecule has 1 aromatic heterocycles. The normalized spacial score (nSPS) is 21.8. The average Bonchev–Trinajstić information content (AvgIpc) is 2.88. The molecule has 0 spiro atoms. The second-order valence-corrected chi connectivity index (χ2v) is 12.3. The maximum absolute atomic E-state index is 11.9. The van der Waals surface area contributed by atoms with Crippen LogP contribution in [0.3, 0.4) is 0 Å². The molecule has 0 amide bonds. The third-order valence-electron chi connectivity index (χ3n) is 4.64. The molecule has 1 aromatic rings. The number of aryl methyl sites for hydroxylation is 1. The van der Waals surface area contributed by atoms with Gasteiger partial charge in [-0.3, -0.25) is 14.3 Å². The Hall–Kier alpha value is -1.44. The van der Waals surface area contributed by atoms with Gasteiger partial charge in [-0.1, -0.05) is 26.8 Å². The molecule has 1 aliphatic rings. The van der Waals surface area contributed by atoms with Crippen molar-refractivity contribution in [3.63, 3.8) is 0 Å². The first kappa shape index (κ1) is 17.9. The highest BCUT2D eigenvalue weighted by Crippen LogP contribution is 2.37. The second kappa shape index (κ2) is 6.22. The van der Waals surface area contributed by atoms with Crippen molar-refractivity contribution in [1.82, 2.24) is 9.55 Å². The van der Waals surface area contributed by atoms with E-state index in [9.17, 15) is 9.59 Å². The molecule has 0 unspecified atom stereocenters. The van der Waals surface area contributed by atoms with Crippen LogP contribution in [-0.4, -0.2) is 30.6 Å². The zero-order valence-corrected chi connectivity index (χ0v) is 15.7. The summed E-state index contributed by atoms with van der Waals surface area (Å²) in [6, 6.07) is 0. The second-order valence-electron chi connectivity index (χ2n) is 7.50. The fourth-order valence-electron chi connectivity index (χ4n) is 2.02. The minimum absolute atomic E-state index is 0.141. The monoisotopic (exact) mass is 338 g/mol. The lowest BCUT2D eigenvalue weighted by Gasteiger charge is -2.36. The van der Waals surface area contributed by atoms with Gasteiger partial charge in [0.15, 0.2) is 14.5 Å². The Balaban J connectivity index is 2.03. The molecule has 23 heavy (non-hydrogen) atoms. The first-order valence-corrected chi connectivity index (χ1v) is 10.7. The van der Waals surface area contributed by atoms with E-state index in [-0.39, 0.29) is 16.7 Å². The molecule has 0 aromatic carbocycles. The van der Waals surface area contributed by atoms with Crippen molar-refractivity contribution in [2.24, 2.45) is 0 Å². The lowest BCUT2D eigenvalue weighted by atomic mass is 10.2. The van der Waals surface area contributed by atoms with E-state index < -0.39 is 20.2 Å². The number of ether oxygens (including phenoxy) is 1. The predicted octanol–water partition coefficient (Wildman–Crippen LogP) is 2.32. The molecule has 2 rings (SSSR count). The summed E-state index contributed by atoms with van der Waals surface area (Å²) in [5.41, 5.74) is -0.366. The van der Waals surface area contributed by atoms with Crippen molar-refractivity contribution in [3.05, 3.63) is 44.8 Å². The molecule has 1 aliphatic heterocycles. The maximum atomic E-state index is 11.9. The molecule has 1 N–H and O–H groups in total. The summed E-state index contributed by atoms with van der Waals surface area (Å²) in [6.07, 6.45) is 4.55. The molecule has 0 aliphatic carbocycles. The van der Waals surface area contributed by atoms with Crippen LogP contribution in [0, 0.1) is 6.92 Å². The predicted molar refractivity (Wildman–Crippen MR) is 92.3 cm³/mol. The average molecular weight is 338 g/mol. The Bertz CT molecular complexity index is 712. The van der Waals surface area contributed by atoms with Crippen molar-refractivity contribution in [3.8, 4) is 0 Å². The minimum Gasteiger partial charge on any atom is -0.414 e. The van der Waals surface area contributed by atoms with E-state index in [1.54, 1.807) is 6.92 Å². The van der Waals surface area contributed by atoms with Crippen LogP contribution in [0.5, 0.6) is 0 Å². The van der Waals surface area contributed by atoms with Gasteiger partial charge in [-0.05, 0) is 31.1 Å². The number of nitrogens with one attached hydrogen (secondary N) is 1. The van der Waals surface area contributed by atoms with Crippen molar-refractivity contribution >= 4 is 8.32 Å². The SMILES string of the molecule is Cc1cn([C@@H]2C=C[C@H](CO[Si](C)(C)C(C)(C)C)O2)c(=O)[nH]c1=O. The van der Waals surface area contributed by atoms with Gasteiger partial charge in [0.1, 0.15) is 6.10 Å². The molecule has 0 bridgehead atoms. The summed E-state index contributed by atoms with van der Waals surface area (Å²) < 4.78 is 13.4. The van der Waals surface area contributed by atoms with E-state index in [0.717, 1.165) is 0 Å². The van der Waals surface area contributed by atoms with Crippen LogP contribution in [0.25, 0.3) is 0 Å². The van der Waals surface area contributed by atoms with Gasteiger partial charge in [-0.25, -0.2) is 4.79 Å². The van der Waals surface area contributed by atoms with Crippen LogP contribution in [0.1, 0.15) is 32.6 Å². The van der Waals surface area contributed by atoms with Crippen molar-refractivity contribution < 1.29 is 9.16 Å². The van der Waals surface area contributed by atoms with E-state index in [2.05, 4.69) is 38.8 Å². The summed E-state index contributed by atoms with van der Waals surface area (Å²) >= 11 is 0. The zero-order valence-electron chi connectivity index (χ0n) is 14.7. The first-order chi connectivity index (χ1) is 10.5. The Labute approximate surface area is 137 Å². The van der Waals surface area contributed by atoms with Gasteiger partial charge >= 0.3 is 5.69 Å². The van der Waals surface area contributed by atoms with E-state index in [1.807, 2.05) is 12.2 Å². The smallest absolute Gasteiger partial charge is 0.330 e. The highest BCUT2D eigenvalue weighted by atomic mass is 28.4. The number of nitrogens with zero attached hydrogens (tertiary/aromatic N) is 1. The van der Waals surface area contributed by atoms with Gasteiger partial charge in [0.25, 0.3) is 5.56 Å². The number of aromatic nitrogens is 2. The molecule has 6 nitrogen and oxygen atoms in total. The Morgan fingerprint density at radius 3 is 2.57 bits per heavy atom. The Kier molecular flexibility index (Phi) is 4.84. The number of H-pyrrole nitrogens is 1. The van der Waals surface area contributed by atoms with Crippen molar-refractivity contribution in [1.29, 1.82) is 0 Å². The van der Waals surface area contributed by atoms with Crippen LogP contribution in [0.2, 0.25) is 18.1 Å². The number of aromatic amines is 1. The lowest BCUT2D eigenvalue weighted by molar-refractivity contribution is -0.00788. The Morgan fingerprint density at radius 2 is 1.96 bits per heavy atom. The molecule has 2 heterocycles. The highest BCUT2D eigenvalue weighted by molar-refractivity contribution is 6.74. The zero-order chi connectivity index (χ0) is 17.4. The summed E-state index contributed by atoms with van der Waals surface area (Å²) in [7, 11) is -1.83. The number of rotatable bonds is 4. The van der Waals surface area contributed by atoms with Crippen LogP contribution < -0.4 is 11.2 Å². The molecule has 0 saturated carbocycles. The fraction of sp³-hybridized carbons (Fsp3) is 0.625. The van der Waals surface area contributed by atoms with Gasteiger partial charge in [0.05, 0.1) is 6.61 Å². The van der Waals surface area contributed by atoms with Crippen molar-refractivity contribution in [2.75, 3.05) is 6.61 Å². The molecular formula is C16H26N2O4Si. The minimum atomic E-state index is -1.83. The molecule has 0 fully saturated rings. The summed E-state index contributed by atoms with van der Waals surface area (Å²) in [5, 5.41) is 0.141. The molecule has 0 saturated heterocycles. The molecule has 2 atom stereocenters. The van der Waals surface area contributed by atoms with Gasteiger partial charge in [-0.15, -0.1) is 0 Å². The third kappa shape index (κ3) is 3.91. The van der Waals surface area contributed by atoms with Crippen LogP contribution in [-0.2, 0) is 9.16 Å². The van der Waals surface area contributed by atoms with Gasteiger partial charge in [-0.2, -0.15) is 0 Å². The van der Waals surface area contributed by atoms with E-state index in [1.165, 1.54) is 10.8 Å². The molecule has 128 valence electrons. The number of hydrogen-bond donors (Lipinski definition) is 1. The van der Waals surface area contributed by atoms with Crippen LogP contribution >= 0.6 is 0 Å². The largest absolute Gasteiger partial charge is 0.414 e. The van der Waals surface area contributed by atoms with E-state index in [0.29, 0.717) is 12.2 Å². The third-order valence-corrected chi connectivity index (χ3v) is 9.14. The standard InChI is InChI=1S/C16H26N2O4Si/c1-11-9-18(15(20)17-14(11)19)13-8-7-12(22-13)10-21-23(5,6)16(2,3)4/h7-9,12-13H,10H2,1-6H3,(H,17,19,20)/t12-,13+/m1/s1. The first-order valence-electron chi connectivity index (χ1n) is 7.81. The summed E-state index contributed by atoms with van der Waals surface area (Å²) in [6.45, 7) is 13.1. The molecule has 7 heteroatoms. The van der Waals surface area contributed by atoms with Crippen molar-refractivity contribution in [2.45, 2.75) is 58.2 Å².